The van der Waals surface area contributed by atoms with Gasteiger partial charge in [0.1, 0.15) is 0 Å². The first-order chi connectivity index (χ1) is 10.3. The molecule has 0 aliphatic carbocycles. The summed E-state index contributed by atoms with van der Waals surface area (Å²) in [5, 5.41) is 0. The number of unbranched alkanes of at least 4 members (excludes halogenated alkanes) is 15. The lowest BCUT2D eigenvalue weighted by Crippen LogP contribution is -1.83. The van der Waals surface area contributed by atoms with Gasteiger partial charge in [-0.05, 0) is 17.7 Å². The third kappa shape index (κ3) is 20.1. The van der Waals surface area contributed by atoms with Gasteiger partial charge < -0.3 is 0 Å². The number of thiol groups is 1. The van der Waals surface area contributed by atoms with Crippen molar-refractivity contribution in [2.75, 3.05) is 0 Å². The van der Waals surface area contributed by atoms with Crippen LogP contribution in [0.25, 0.3) is 0 Å². The molecule has 1 heteroatoms. The fraction of sp³-hybridized carbons (Fsp3) is 0.900. The summed E-state index contributed by atoms with van der Waals surface area (Å²) >= 11 is 4.23. The molecular formula is C20H40S. The lowest BCUT2D eigenvalue weighted by molar-refractivity contribution is 0.530. The summed E-state index contributed by atoms with van der Waals surface area (Å²) in [6.07, 6.45) is 24.0. The highest BCUT2D eigenvalue weighted by atomic mass is 32.1. The van der Waals surface area contributed by atoms with E-state index in [9.17, 15) is 0 Å². The molecular weight excluding hydrogens is 272 g/mol. The minimum atomic E-state index is 1.04. The molecule has 0 heterocycles. The van der Waals surface area contributed by atoms with Gasteiger partial charge in [0, 0.05) is 0 Å². The molecule has 0 aromatic rings. The Kier molecular flexibility index (Phi) is 18.2. The van der Waals surface area contributed by atoms with Crippen LogP contribution in [0.2, 0.25) is 0 Å². The number of allylic oxidation sites excluding steroid dienone is 1. The lowest BCUT2D eigenvalue weighted by atomic mass is 10.0. The SMILES string of the molecule is C=C(S)CCCCCCCCCCCCCCCCCC. The van der Waals surface area contributed by atoms with Crippen LogP contribution in [-0.4, -0.2) is 0 Å². The quantitative estimate of drug-likeness (QED) is 0.204. The van der Waals surface area contributed by atoms with Gasteiger partial charge in [-0.25, -0.2) is 0 Å². The largest absolute Gasteiger partial charge is 0.149 e. The van der Waals surface area contributed by atoms with E-state index in [-0.39, 0.29) is 0 Å². The second-order valence-corrected chi connectivity index (χ2v) is 7.25. The Bertz CT molecular complexity index is 210. The van der Waals surface area contributed by atoms with E-state index in [0.717, 1.165) is 11.3 Å². The smallest absolute Gasteiger partial charge is 0.0227 e. The maximum atomic E-state index is 4.23. The lowest BCUT2D eigenvalue weighted by Gasteiger charge is -2.03. The first-order valence-electron chi connectivity index (χ1n) is 9.64. The van der Waals surface area contributed by atoms with E-state index in [2.05, 4.69) is 26.1 Å². The average Bonchev–Trinajstić information content (AvgIpc) is 2.46. The van der Waals surface area contributed by atoms with E-state index in [1.54, 1.807) is 0 Å². The van der Waals surface area contributed by atoms with Gasteiger partial charge in [-0.3, -0.25) is 0 Å². The zero-order chi connectivity index (χ0) is 15.6. The van der Waals surface area contributed by atoms with E-state index >= 15 is 0 Å². The molecule has 0 atom stereocenters. The van der Waals surface area contributed by atoms with Crippen molar-refractivity contribution in [2.24, 2.45) is 0 Å². The van der Waals surface area contributed by atoms with Crippen molar-refractivity contribution in [1.82, 2.24) is 0 Å². The first-order valence-corrected chi connectivity index (χ1v) is 10.1. The molecule has 0 N–H and O–H groups in total. The van der Waals surface area contributed by atoms with Gasteiger partial charge in [0.15, 0.2) is 0 Å². The molecule has 0 nitrogen and oxygen atoms in total. The monoisotopic (exact) mass is 312 g/mol. The Labute approximate surface area is 140 Å². The summed E-state index contributed by atoms with van der Waals surface area (Å²) in [7, 11) is 0. The van der Waals surface area contributed by atoms with Crippen LogP contribution in [0.5, 0.6) is 0 Å². The summed E-state index contributed by atoms with van der Waals surface area (Å²) < 4.78 is 0. The fourth-order valence-electron chi connectivity index (χ4n) is 2.88. The normalized spacial score (nSPS) is 11.0. The van der Waals surface area contributed by atoms with Crippen LogP contribution in [0.3, 0.4) is 0 Å². The first kappa shape index (κ1) is 21.1. The van der Waals surface area contributed by atoms with E-state index in [4.69, 9.17) is 0 Å². The third-order valence-corrected chi connectivity index (χ3v) is 4.54. The highest BCUT2D eigenvalue weighted by Gasteiger charge is 1.94. The molecule has 21 heavy (non-hydrogen) atoms. The van der Waals surface area contributed by atoms with Crippen LogP contribution in [0.15, 0.2) is 11.5 Å². The molecule has 0 aromatic carbocycles. The standard InChI is InChI=1S/C20H40S/c1-3-4-5-6-7-8-9-10-11-12-13-14-15-16-17-18-19-20(2)21/h21H,2-19H2,1H3. The van der Waals surface area contributed by atoms with Crippen molar-refractivity contribution in [2.45, 2.75) is 116 Å². The second-order valence-electron chi connectivity index (χ2n) is 6.62. The van der Waals surface area contributed by atoms with Crippen molar-refractivity contribution in [3.63, 3.8) is 0 Å². The molecule has 0 saturated heterocycles. The molecule has 0 unspecified atom stereocenters. The Balaban J connectivity index is 2.95. The fourth-order valence-corrected chi connectivity index (χ4v) is 3.04. The zero-order valence-corrected chi connectivity index (χ0v) is 15.6. The number of rotatable bonds is 17. The van der Waals surface area contributed by atoms with Crippen molar-refractivity contribution < 1.29 is 0 Å². The van der Waals surface area contributed by atoms with Crippen molar-refractivity contribution in [3.05, 3.63) is 11.5 Å². The van der Waals surface area contributed by atoms with Crippen LogP contribution in [-0.2, 0) is 0 Å². The van der Waals surface area contributed by atoms with Gasteiger partial charge in [-0.2, -0.15) is 0 Å². The topological polar surface area (TPSA) is 0 Å². The molecule has 0 fully saturated rings. The van der Waals surface area contributed by atoms with E-state index in [1.165, 1.54) is 103 Å². The molecule has 126 valence electrons. The van der Waals surface area contributed by atoms with Gasteiger partial charge >= 0.3 is 0 Å². The van der Waals surface area contributed by atoms with Crippen molar-refractivity contribution >= 4 is 12.6 Å². The minimum absolute atomic E-state index is 1.04. The molecule has 0 saturated carbocycles. The summed E-state index contributed by atoms with van der Waals surface area (Å²) in [6.45, 7) is 6.12. The third-order valence-electron chi connectivity index (χ3n) is 4.32. The maximum Gasteiger partial charge on any atom is -0.0227 e. The molecule has 0 aliphatic heterocycles. The number of hydrogen-bond donors (Lipinski definition) is 1. The minimum Gasteiger partial charge on any atom is -0.149 e. The molecule has 0 amide bonds. The Morgan fingerprint density at radius 2 is 0.857 bits per heavy atom. The number of hydrogen-bond acceptors (Lipinski definition) is 1. The summed E-state index contributed by atoms with van der Waals surface area (Å²) in [6, 6.07) is 0. The van der Waals surface area contributed by atoms with Crippen LogP contribution in [0.1, 0.15) is 116 Å². The average molecular weight is 313 g/mol. The predicted molar refractivity (Wildman–Crippen MR) is 102 cm³/mol. The molecule has 0 aliphatic rings. The molecule has 0 aromatic heterocycles. The van der Waals surface area contributed by atoms with Crippen LogP contribution < -0.4 is 0 Å². The molecule has 0 rings (SSSR count). The summed E-state index contributed by atoms with van der Waals surface area (Å²) in [5.41, 5.74) is 0. The van der Waals surface area contributed by atoms with E-state index in [0.29, 0.717) is 0 Å². The van der Waals surface area contributed by atoms with E-state index in [1.807, 2.05) is 0 Å². The maximum absolute atomic E-state index is 4.23. The highest BCUT2D eigenvalue weighted by molar-refractivity contribution is 7.84. The van der Waals surface area contributed by atoms with Gasteiger partial charge in [0.05, 0.1) is 0 Å². The van der Waals surface area contributed by atoms with Crippen LogP contribution in [0, 0.1) is 0 Å². The van der Waals surface area contributed by atoms with Crippen molar-refractivity contribution in [1.29, 1.82) is 0 Å². The van der Waals surface area contributed by atoms with E-state index < -0.39 is 0 Å². The molecule has 0 radical (unpaired) electrons. The summed E-state index contributed by atoms with van der Waals surface area (Å²) in [4.78, 5) is 1.04. The zero-order valence-electron chi connectivity index (χ0n) is 14.7. The van der Waals surface area contributed by atoms with Crippen molar-refractivity contribution in [3.8, 4) is 0 Å². The second kappa shape index (κ2) is 18.1. The van der Waals surface area contributed by atoms with Gasteiger partial charge in [0.2, 0.25) is 0 Å². The molecule has 0 bridgehead atoms. The highest BCUT2D eigenvalue weighted by Crippen LogP contribution is 2.15. The Morgan fingerprint density at radius 1 is 0.571 bits per heavy atom. The summed E-state index contributed by atoms with van der Waals surface area (Å²) in [5.74, 6) is 0. The van der Waals surface area contributed by atoms with Gasteiger partial charge in [-0.1, -0.05) is 110 Å². The Hall–Kier alpha value is 0.0900. The van der Waals surface area contributed by atoms with Gasteiger partial charge in [0.25, 0.3) is 0 Å². The van der Waals surface area contributed by atoms with Crippen LogP contribution in [0.4, 0.5) is 0 Å². The molecule has 0 spiro atoms. The van der Waals surface area contributed by atoms with Gasteiger partial charge in [-0.15, -0.1) is 12.6 Å². The Morgan fingerprint density at radius 3 is 1.14 bits per heavy atom. The predicted octanol–water partition coefficient (Wildman–Crippen LogP) is 8.08. The van der Waals surface area contributed by atoms with Crippen LogP contribution >= 0.6 is 12.6 Å².